The maximum atomic E-state index is 12.5. The molecule has 0 aromatic heterocycles. The molecular weight excluding hydrogens is 330 g/mol. The van der Waals surface area contributed by atoms with Gasteiger partial charge < -0.3 is 9.84 Å². The van der Waals surface area contributed by atoms with Gasteiger partial charge in [-0.2, -0.15) is 5.26 Å². The fraction of sp³-hybridized carbons (Fsp3) is 0.190. The molecule has 2 rings (SSSR count). The zero-order chi connectivity index (χ0) is 18.9. The first kappa shape index (κ1) is 18.9. The summed E-state index contributed by atoms with van der Waals surface area (Å²) >= 11 is 0. The molecule has 0 radical (unpaired) electrons. The van der Waals surface area contributed by atoms with Crippen molar-refractivity contribution < 1.29 is 19.4 Å². The van der Waals surface area contributed by atoms with Crippen LogP contribution in [0.4, 0.5) is 0 Å². The summed E-state index contributed by atoms with van der Waals surface area (Å²) in [6, 6.07) is 15.7. The Kier molecular flexibility index (Phi) is 6.69. The summed E-state index contributed by atoms with van der Waals surface area (Å²) < 4.78 is 5.05. The molecule has 2 aromatic rings. The molecule has 2 aromatic carbocycles. The van der Waals surface area contributed by atoms with Crippen molar-refractivity contribution in [2.24, 2.45) is 0 Å². The van der Waals surface area contributed by atoms with Crippen LogP contribution in [0.1, 0.15) is 34.8 Å². The van der Waals surface area contributed by atoms with E-state index in [0.29, 0.717) is 16.9 Å². The van der Waals surface area contributed by atoms with Crippen LogP contribution >= 0.6 is 0 Å². The highest BCUT2D eigenvalue weighted by Gasteiger charge is 2.12. The number of carboxylic acids is 1. The van der Waals surface area contributed by atoms with Gasteiger partial charge in [0.1, 0.15) is 17.4 Å². The van der Waals surface area contributed by atoms with Crippen molar-refractivity contribution in [1.29, 1.82) is 5.26 Å². The quantitative estimate of drug-likeness (QED) is 0.444. The average Bonchev–Trinajstić information content (AvgIpc) is 2.65. The molecule has 0 spiro atoms. The molecule has 26 heavy (non-hydrogen) atoms. The number of rotatable bonds is 8. The van der Waals surface area contributed by atoms with Gasteiger partial charge >= 0.3 is 5.97 Å². The third-order valence-electron chi connectivity index (χ3n) is 3.67. The van der Waals surface area contributed by atoms with E-state index in [9.17, 15) is 14.9 Å². The Labute approximate surface area is 152 Å². The number of allylic oxidation sites excluding steroid dienone is 1. The van der Waals surface area contributed by atoms with E-state index in [1.807, 2.05) is 18.2 Å². The van der Waals surface area contributed by atoms with E-state index in [0.717, 1.165) is 18.4 Å². The lowest BCUT2D eigenvalue weighted by molar-refractivity contribution is -0.139. The summed E-state index contributed by atoms with van der Waals surface area (Å²) in [6.07, 6.45) is 3.48. The number of aryl methyl sites for hydroxylation is 1. The van der Waals surface area contributed by atoms with E-state index < -0.39 is 12.6 Å². The van der Waals surface area contributed by atoms with Gasteiger partial charge in [0, 0.05) is 5.56 Å². The number of ketones is 1. The normalized spacial score (nSPS) is 10.8. The summed E-state index contributed by atoms with van der Waals surface area (Å²) in [4.78, 5) is 23.0. The smallest absolute Gasteiger partial charge is 0.341 e. The van der Waals surface area contributed by atoms with Crippen LogP contribution in [0, 0.1) is 11.3 Å². The lowest BCUT2D eigenvalue weighted by Gasteiger charge is -2.04. The summed E-state index contributed by atoms with van der Waals surface area (Å²) in [5.74, 6) is -0.987. The molecule has 0 bridgehead atoms. The second-order valence-corrected chi connectivity index (χ2v) is 5.70. The largest absolute Gasteiger partial charge is 0.482 e. The zero-order valence-corrected chi connectivity index (χ0v) is 14.4. The molecule has 0 heterocycles. The van der Waals surface area contributed by atoms with Crippen LogP contribution in [-0.2, 0) is 11.2 Å². The number of benzene rings is 2. The molecule has 0 unspecified atom stereocenters. The van der Waals surface area contributed by atoms with Gasteiger partial charge in [0.05, 0.1) is 0 Å². The Morgan fingerprint density at radius 2 is 1.77 bits per heavy atom. The third kappa shape index (κ3) is 5.32. The summed E-state index contributed by atoms with van der Waals surface area (Å²) in [5, 5.41) is 17.9. The average molecular weight is 349 g/mol. The Morgan fingerprint density at radius 1 is 1.12 bits per heavy atom. The van der Waals surface area contributed by atoms with Gasteiger partial charge in [0.15, 0.2) is 6.61 Å². The molecule has 0 aliphatic carbocycles. The summed E-state index contributed by atoms with van der Waals surface area (Å²) in [6.45, 7) is 1.67. The number of hydrogen-bond donors (Lipinski definition) is 1. The number of ether oxygens (including phenoxy) is 1. The predicted molar refractivity (Wildman–Crippen MR) is 97.9 cm³/mol. The van der Waals surface area contributed by atoms with E-state index in [2.05, 4.69) is 6.92 Å². The highest BCUT2D eigenvalue weighted by atomic mass is 16.5. The first-order valence-corrected chi connectivity index (χ1v) is 8.23. The molecule has 0 aliphatic heterocycles. The Balaban J connectivity index is 2.14. The second-order valence-electron chi connectivity index (χ2n) is 5.70. The molecule has 0 saturated heterocycles. The van der Waals surface area contributed by atoms with E-state index in [4.69, 9.17) is 9.84 Å². The molecule has 0 amide bonds. The van der Waals surface area contributed by atoms with Crippen molar-refractivity contribution >= 4 is 17.8 Å². The van der Waals surface area contributed by atoms with Gasteiger partial charge in [0.25, 0.3) is 0 Å². The standard InChI is InChI=1S/C21H19NO4/c1-2-3-15-4-8-17(9-5-15)21(25)18(13-22)12-16-6-10-19(11-7-16)26-14-20(23)24/h4-12H,2-3,14H2,1H3,(H,23,24)/b18-12+. The number of Topliss-reactive ketones (excluding diaryl/α,β-unsaturated/α-hetero) is 1. The van der Waals surface area contributed by atoms with Gasteiger partial charge in [0.2, 0.25) is 5.78 Å². The summed E-state index contributed by atoms with van der Waals surface area (Å²) in [7, 11) is 0. The lowest BCUT2D eigenvalue weighted by Crippen LogP contribution is -2.09. The predicted octanol–water partition coefficient (Wildman–Crippen LogP) is 3.89. The van der Waals surface area contributed by atoms with E-state index >= 15 is 0 Å². The zero-order valence-electron chi connectivity index (χ0n) is 14.4. The first-order chi connectivity index (χ1) is 12.5. The highest BCUT2D eigenvalue weighted by molar-refractivity contribution is 6.14. The molecular formula is C21H19NO4. The van der Waals surface area contributed by atoms with E-state index in [1.165, 1.54) is 6.08 Å². The van der Waals surface area contributed by atoms with Crippen LogP contribution in [0.2, 0.25) is 0 Å². The van der Waals surface area contributed by atoms with Crippen molar-refractivity contribution in [3.63, 3.8) is 0 Å². The first-order valence-electron chi connectivity index (χ1n) is 8.23. The maximum absolute atomic E-state index is 12.5. The number of hydrogen-bond acceptors (Lipinski definition) is 4. The highest BCUT2D eigenvalue weighted by Crippen LogP contribution is 2.17. The number of carbonyl (C=O) groups is 2. The Hall–Kier alpha value is -3.39. The number of carbonyl (C=O) groups excluding carboxylic acids is 1. The fourth-order valence-electron chi connectivity index (χ4n) is 2.39. The minimum atomic E-state index is -1.06. The van der Waals surface area contributed by atoms with Crippen LogP contribution < -0.4 is 4.74 Å². The van der Waals surface area contributed by atoms with Crippen LogP contribution in [0.5, 0.6) is 5.75 Å². The molecule has 0 saturated carbocycles. The van der Waals surface area contributed by atoms with Gasteiger partial charge in [-0.3, -0.25) is 4.79 Å². The minimum Gasteiger partial charge on any atom is -0.482 e. The number of carboxylic acid groups (broad SMARTS) is 1. The van der Waals surface area contributed by atoms with Gasteiger partial charge in [-0.05, 0) is 35.8 Å². The van der Waals surface area contributed by atoms with Crippen LogP contribution in [0.3, 0.4) is 0 Å². The monoisotopic (exact) mass is 349 g/mol. The van der Waals surface area contributed by atoms with Gasteiger partial charge in [-0.15, -0.1) is 0 Å². The topological polar surface area (TPSA) is 87.4 Å². The van der Waals surface area contributed by atoms with Gasteiger partial charge in [-0.1, -0.05) is 49.7 Å². The number of nitrogens with zero attached hydrogens (tertiary/aromatic N) is 1. The second kappa shape index (κ2) is 9.19. The summed E-state index contributed by atoms with van der Waals surface area (Å²) in [5.41, 5.74) is 2.31. The Morgan fingerprint density at radius 3 is 2.31 bits per heavy atom. The maximum Gasteiger partial charge on any atom is 0.341 e. The minimum absolute atomic E-state index is 0.0347. The van der Waals surface area contributed by atoms with Crippen molar-refractivity contribution in [1.82, 2.24) is 0 Å². The number of aliphatic carboxylic acids is 1. The molecule has 0 atom stereocenters. The number of nitriles is 1. The molecule has 5 heteroatoms. The van der Waals surface area contributed by atoms with Crippen molar-refractivity contribution in [2.75, 3.05) is 6.61 Å². The van der Waals surface area contributed by atoms with Crippen LogP contribution in [0.15, 0.2) is 54.1 Å². The van der Waals surface area contributed by atoms with E-state index in [-0.39, 0.29) is 11.4 Å². The molecule has 0 aliphatic rings. The lowest BCUT2D eigenvalue weighted by atomic mass is 10.00. The van der Waals surface area contributed by atoms with Crippen molar-refractivity contribution in [2.45, 2.75) is 19.8 Å². The van der Waals surface area contributed by atoms with Crippen LogP contribution in [-0.4, -0.2) is 23.5 Å². The Bertz CT molecular complexity index is 843. The molecule has 132 valence electrons. The van der Waals surface area contributed by atoms with Crippen molar-refractivity contribution in [3.8, 4) is 11.8 Å². The van der Waals surface area contributed by atoms with Crippen LogP contribution in [0.25, 0.3) is 6.08 Å². The van der Waals surface area contributed by atoms with Gasteiger partial charge in [-0.25, -0.2) is 4.79 Å². The third-order valence-corrected chi connectivity index (χ3v) is 3.67. The fourth-order valence-corrected chi connectivity index (χ4v) is 2.39. The molecule has 0 fully saturated rings. The SMILES string of the molecule is CCCc1ccc(C(=O)/C(C#N)=C/c2ccc(OCC(=O)O)cc2)cc1. The molecule has 1 N–H and O–H groups in total. The molecule has 5 nitrogen and oxygen atoms in total. The van der Waals surface area contributed by atoms with Crippen molar-refractivity contribution in [3.05, 3.63) is 70.8 Å². The van der Waals surface area contributed by atoms with E-state index in [1.54, 1.807) is 36.4 Å².